The van der Waals surface area contributed by atoms with Gasteiger partial charge in [0, 0.05) is 29.9 Å². The van der Waals surface area contributed by atoms with E-state index < -0.39 is 0 Å². The van der Waals surface area contributed by atoms with Crippen LogP contribution in [0.15, 0.2) is 35.8 Å². The van der Waals surface area contributed by atoms with Crippen LogP contribution in [0.4, 0.5) is 0 Å². The van der Waals surface area contributed by atoms with Crippen molar-refractivity contribution in [1.29, 1.82) is 0 Å². The molecule has 116 valence electrons. The number of rotatable bonds is 4. The number of aryl methyl sites for hydroxylation is 1. The van der Waals surface area contributed by atoms with Crippen LogP contribution in [-0.2, 0) is 17.6 Å². The van der Waals surface area contributed by atoms with Crippen molar-refractivity contribution in [2.75, 3.05) is 13.1 Å². The molecule has 3 rings (SSSR count). The second-order valence-corrected chi connectivity index (χ2v) is 7.15. The minimum Gasteiger partial charge on any atom is -0.342 e. The molecule has 0 aromatic carbocycles. The Hall–Kier alpha value is -1.68. The van der Waals surface area contributed by atoms with Crippen molar-refractivity contribution >= 4 is 17.2 Å². The van der Waals surface area contributed by atoms with Gasteiger partial charge >= 0.3 is 0 Å². The molecule has 22 heavy (non-hydrogen) atoms. The van der Waals surface area contributed by atoms with Gasteiger partial charge in [-0.15, -0.1) is 11.3 Å². The standard InChI is InChI=1S/C18H22N2OS/c1-14-6-7-15(12-19-14)10-16-4-2-8-20(13-16)18(21)11-17-5-3-9-22-17/h3,5-7,9,12,16H,2,4,8,10-11,13H2,1H3. The van der Waals surface area contributed by atoms with Crippen LogP contribution < -0.4 is 0 Å². The molecule has 1 atom stereocenters. The van der Waals surface area contributed by atoms with E-state index in [2.05, 4.69) is 22.0 Å². The van der Waals surface area contributed by atoms with Crippen LogP contribution in [0.1, 0.15) is 29.0 Å². The second kappa shape index (κ2) is 7.05. The van der Waals surface area contributed by atoms with Crippen LogP contribution in [0.3, 0.4) is 0 Å². The van der Waals surface area contributed by atoms with E-state index in [1.165, 1.54) is 12.0 Å². The van der Waals surface area contributed by atoms with E-state index >= 15 is 0 Å². The SMILES string of the molecule is Cc1ccc(CC2CCCN(C(=O)Cc3cccs3)C2)cn1. The fraction of sp³-hybridized carbons (Fsp3) is 0.444. The summed E-state index contributed by atoms with van der Waals surface area (Å²) in [7, 11) is 0. The second-order valence-electron chi connectivity index (χ2n) is 6.12. The quantitative estimate of drug-likeness (QED) is 0.865. The molecule has 0 saturated carbocycles. The highest BCUT2D eigenvalue weighted by molar-refractivity contribution is 7.10. The van der Waals surface area contributed by atoms with E-state index in [1.807, 2.05) is 30.6 Å². The predicted molar refractivity (Wildman–Crippen MR) is 90.0 cm³/mol. The first kappa shape index (κ1) is 15.2. The third-order valence-electron chi connectivity index (χ3n) is 4.27. The Labute approximate surface area is 136 Å². The summed E-state index contributed by atoms with van der Waals surface area (Å²) in [6.45, 7) is 3.81. The van der Waals surface area contributed by atoms with Crippen LogP contribution >= 0.6 is 11.3 Å². The average Bonchev–Trinajstić information content (AvgIpc) is 3.03. The van der Waals surface area contributed by atoms with E-state index in [4.69, 9.17) is 0 Å². The number of pyridine rings is 1. The highest BCUT2D eigenvalue weighted by atomic mass is 32.1. The van der Waals surface area contributed by atoms with Crippen molar-refractivity contribution in [3.05, 3.63) is 52.0 Å². The molecule has 0 N–H and O–H groups in total. The molecule has 1 aliphatic rings. The molecule has 2 aromatic heterocycles. The maximum atomic E-state index is 12.4. The van der Waals surface area contributed by atoms with Gasteiger partial charge in [-0.25, -0.2) is 0 Å². The lowest BCUT2D eigenvalue weighted by atomic mass is 9.91. The van der Waals surface area contributed by atoms with E-state index in [1.54, 1.807) is 11.3 Å². The average molecular weight is 314 g/mol. The molecule has 2 aromatic rings. The zero-order valence-electron chi connectivity index (χ0n) is 13.0. The van der Waals surface area contributed by atoms with Gasteiger partial charge in [0.1, 0.15) is 0 Å². The molecule has 0 radical (unpaired) electrons. The highest BCUT2D eigenvalue weighted by Gasteiger charge is 2.24. The molecule has 0 bridgehead atoms. The first-order valence-electron chi connectivity index (χ1n) is 7.92. The van der Waals surface area contributed by atoms with Gasteiger partial charge in [0.25, 0.3) is 0 Å². The minimum atomic E-state index is 0.272. The molecule has 3 nitrogen and oxygen atoms in total. The maximum Gasteiger partial charge on any atom is 0.227 e. The Kier molecular flexibility index (Phi) is 4.88. The lowest BCUT2D eigenvalue weighted by Crippen LogP contribution is -2.41. The van der Waals surface area contributed by atoms with Gasteiger partial charge in [-0.1, -0.05) is 12.1 Å². The number of likely N-dealkylation sites (tertiary alicyclic amines) is 1. The molecule has 1 saturated heterocycles. The highest BCUT2D eigenvalue weighted by Crippen LogP contribution is 2.22. The van der Waals surface area contributed by atoms with E-state index in [-0.39, 0.29) is 5.91 Å². The van der Waals surface area contributed by atoms with E-state index in [0.29, 0.717) is 12.3 Å². The molecule has 1 fully saturated rings. The van der Waals surface area contributed by atoms with Gasteiger partial charge in [-0.2, -0.15) is 0 Å². The largest absolute Gasteiger partial charge is 0.342 e. The third-order valence-corrected chi connectivity index (χ3v) is 5.15. The van der Waals surface area contributed by atoms with Crippen molar-refractivity contribution in [3.63, 3.8) is 0 Å². The number of aromatic nitrogens is 1. The van der Waals surface area contributed by atoms with E-state index in [0.717, 1.165) is 36.5 Å². The molecule has 1 unspecified atom stereocenters. The zero-order chi connectivity index (χ0) is 15.4. The Bertz CT molecular complexity index is 607. The molecule has 0 spiro atoms. The monoisotopic (exact) mass is 314 g/mol. The summed E-state index contributed by atoms with van der Waals surface area (Å²) in [6.07, 6.45) is 5.87. The van der Waals surface area contributed by atoms with Crippen molar-refractivity contribution < 1.29 is 4.79 Å². The fourth-order valence-corrected chi connectivity index (χ4v) is 3.78. The number of piperidine rings is 1. The summed E-state index contributed by atoms with van der Waals surface area (Å²) in [5.41, 5.74) is 2.34. The first-order valence-corrected chi connectivity index (χ1v) is 8.80. The Balaban J connectivity index is 1.56. The lowest BCUT2D eigenvalue weighted by molar-refractivity contribution is -0.132. The number of carbonyl (C=O) groups excluding carboxylic acids is 1. The summed E-state index contributed by atoms with van der Waals surface area (Å²) in [6, 6.07) is 8.28. The normalized spacial score (nSPS) is 18.4. The van der Waals surface area contributed by atoms with Crippen molar-refractivity contribution in [1.82, 2.24) is 9.88 Å². The molecule has 3 heterocycles. The first-order chi connectivity index (χ1) is 10.7. The van der Waals surface area contributed by atoms with Gasteiger partial charge in [-0.3, -0.25) is 9.78 Å². The lowest BCUT2D eigenvalue weighted by Gasteiger charge is -2.33. The Morgan fingerprint density at radius 2 is 2.32 bits per heavy atom. The van der Waals surface area contributed by atoms with Crippen LogP contribution in [-0.4, -0.2) is 28.9 Å². The number of thiophene rings is 1. The predicted octanol–water partition coefficient (Wildman–Crippen LogP) is 3.48. The number of hydrogen-bond acceptors (Lipinski definition) is 3. The summed E-state index contributed by atoms with van der Waals surface area (Å²) in [5, 5.41) is 2.03. The van der Waals surface area contributed by atoms with E-state index in [9.17, 15) is 4.79 Å². The molecule has 1 aliphatic heterocycles. The van der Waals surface area contributed by atoms with Crippen molar-refractivity contribution in [3.8, 4) is 0 Å². The summed E-state index contributed by atoms with van der Waals surface area (Å²) in [4.78, 5) is 20.0. The van der Waals surface area contributed by atoms with Gasteiger partial charge < -0.3 is 4.90 Å². The number of nitrogens with zero attached hydrogens (tertiary/aromatic N) is 2. The van der Waals surface area contributed by atoms with Crippen LogP contribution in [0.25, 0.3) is 0 Å². The van der Waals surface area contributed by atoms with Crippen LogP contribution in [0.2, 0.25) is 0 Å². The Morgan fingerprint density at radius 1 is 1.41 bits per heavy atom. The molecular formula is C18H22N2OS. The molecule has 1 amide bonds. The van der Waals surface area contributed by atoms with Crippen LogP contribution in [0.5, 0.6) is 0 Å². The summed E-state index contributed by atoms with van der Waals surface area (Å²) >= 11 is 1.66. The van der Waals surface area contributed by atoms with Crippen molar-refractivity contribution in [2.45, 2.75) is 32.6 Å². The van der Waals surface area contributed by atoms with Gasteiger partial charge in [-0.05, 0) is 55.2 Å². The van der Waals surface area contributed by atoms with Gasteiger partial charge in [0.2, 0.25) is 5.91 Å². The zero-order valence-corrected chi connectivity index (χ0v) is 13.8. The topological polar surface area (TPSA) is 33.2 Å². The molecule has 0 aliphatic carbocycles. The smallest absolute Gasteiger partial charge is 0.227 e. The van der Waals surface area contributed by atoms with Crippen LogP contribution in [0, 0.1) is 12.8 Å². The number of hydrogen-bond donors (Lipinski definition) is 0. The van der Waals surface area contributed by atoms with Gasteiger partial charge in [0.15, 0.2) is 0 Å². The number of amides is 1. The third kappa shape index (κ3) is 3.95. The minimum absolute atomic E-state index is 0.272. The molecule has 4 heteroatoms. The fourth-order valence-electron chi connectivity index (χ4n) is 3.08. The maximum absolute atomic E-state index is 12.4. The summed E-state index contributed by atoms with van der Waals surface area (Å²) < 4.78 is 0. The van der Waals surface area contributed by atoms with Gasteiger partial charge in [0.05, 0.1) is 6.42 Å². The van der Waals surface area contributed by atoms with Crippen molar-refractivity contribution in [2.24, 2.45) is 5.92 Å². The number of carbonyl (C=O) groups is 1. The summed E-state index contributed by atoms with van der Waals surface area (Å²) in [5.74, 6) is 0.833. The molecular weight excluding hydrogens is 292 g/mol. The Morgan fingerprint density at radius 3 is 3.05 bits per heavy atom.